The average Bonchev–Trinajstić information content (AvgIpc) is 3.01. The molecule has 0 bridgehead atoms. The molecule has 0 spiro atoms. The van der Waals surface area contributed by atoms with Crippen molar-refractivity contribution in [1.29, 1.82) is 0 Å². The highest BCUT2D eigenvalue weighted by Crippen LogP contribution is 2.44. The van der Waals surface area contributed by atoms with Crippen LogP contribution in [0.2, 0.25) is 0 Å². The Morgan fingerprint density at radius 3 is 3.00 bits per heavy atom. The van der Waals surface area contributed by atoms with Crippen molar-refractivity contribution >= 4 is 27.5 Å². The maximum absolute atomic E-state index is 12.8. The molecule has 0 unspecified atom stereocenters. The number of β-amino-alcohol motifs (C(OH)–C–C–N with tert-alkyl or cyclic N) is 1. The van der Waals surface area contributed by atoms with Gasteiger partial charge in [0.2, 0.25) is 0 Å². The van der Waals surface area contributed by atoms with E-state index in [0.717, 1.165) is 23.1 Å². The van der Waals surface area contributed by atoms with Crippen molar-refractivity contribution in [3.63, 3.8) is 0 Å². The summed E-state index contributed by atoms with van der Waals surface area (Å²) in [6.07, 6.45) is 3.39. The molecule has 2 aromatic rings. The van der Waals surface area contributed by atoms with Gasteiger partial charge in [0.05, 0.1) is 27.9 Å². The van der Waals surface area contributed by atoms with E-state index in [1.54, 1.807) is 16.8 Å². The lowest BCUT2D eigenvalue weighted by Gasteiger charge is -2.41. The largest absolute Gasteiger partial charge is 0.387 e. The van der Waals surface area contributed by atoms with Crippen LogP contribution in [0.15, 0.2) is 23.7 Å². The molecule has 1 N–H and O–H groups in total. The molecular weight excluding hydrogens is 296 g/mol. The molecule has 4 rings (SSSR count). The molecule has 1 aromatic heterocycles. The molecule has 2 atom stereocenters. The summed E-state index contributed by atoms with van der Waals surface area (Å²) in [5, 5.41) is 11.0. The van der Waals surface area contributed by atoms with Gasteiger partial charge in [-0.2, -0.15) is 0 Å². The maximum atomic E-state index is 12.8. The molecule has 116 valence electrons. The molecule has 2 aliphatic rings. The molecule has 4 nitrogen and oxygen atoms in total. The Labute approximate surface area is 133 Å². The Hall–Kier alpha value is -1.46. The van der Waals surface area contributed by atoms with Gasteiger partial charge in [0.1, 0.15) is 0 Å². The Morgan fingerprint density at radius 2 is 2.27 bits per heavy atom. The molecule has 0 radical (unpaired) electrons. The highest BCUT2D eigenvalue weighted by atomic mass is 32.1. The smallest absolute Gasteiger partial charge is 0.254 e. The lowest BCUT2D eigenvalue weighted by atomic mass is 9.69. The first kappa shape index (κ1) is 14.2. The summed E-state index contributed by atoms with van der Waals surface area (Å²) in [5.41, 5.74) is 2.73. The Morgan fingerprint density at radius 1 is 1.45 bits per heavy atom. The first-order valence-electron chi connectivity index (χ1n) is 7.93. The number of nitrogens with zero attached hydrogens (tertiary/aromatic N) is 2. The summed E-state index contributed by atoms with van der Waals surface area (Å²) in [7, 11) is 0. The van der Waals surface area contributed by atoms with Gasteiger partial charge in [0.15, 0.2) is 0 Å². The molecular formula is C17H20N2O2S. The molecule has 5 heteroatoms. The molecule has 1 amide bonds. The van der Waals surface area contributed by atoms with E-state index in [2.05, 4.69) is 11.9 Å². The minimum Gasteiger partial charge on any atom is -0.387 e. The van der Waals surface area contributed by atoms with Crippen molar-refractivity contribution < 1.29 is 9.90 Å². The van der Waals surface area contributed by atoms with E-state index < -0.39 is 5.60 Å². The van der Waals surface area contributed by atoms with Crippen molar-refractivity contribution in [2.75, 3.05) is 13.1 Å². The zero-order valence-corrected chi connectivity index (χ0v) is 13.5. The fraction of sp³-hybridized carbons (Fsp3) is 0.529. The predicted molar refractivity (Wildman–Crippen MR) is 87.0 cm³/mol. The van der Waals surface area contributed by atoms with Gasteiger partial charge in [-0.05, 0) is 37.0 Å². The fourth-order valence-electron chi connectivity index (χ4n) is 3.78. The fourth-order valence-corrected chi connectivity index (χ4v) is 4.50. The summed E-state index contributed by atoms with van der Waals surface area (Å²) >= 11 is 1.55. The van der Waals surface area contributed by atoms with Gasteiger partial charge < -0.3 is 10.0 Å². The third kappa shape index (κ3) is 2.07. The van der Waals surface area contributed by atoms with E-state index >= 15 is 0 Å². The summed E-state index contributed by atoms with van der Waals surface area (Å²) < 4.78 is 1.03. The quantitative estimate of drug-likeness (QED) is 0.927. The topological polar surface area (TPSA) is 53.4 Å². The van der Waals surface area contributed by atoms with Crippen LogP contribution >= 0.6 is 11.3 Å². The molecule has 2 heterocycles. The van der Waals surface area contributed by atoms with Crippen LogP contribution in [-0.2, 0) is 0 Å². The number of hydrogen-bond acceptors (Lipinski definition) is 4. The van der Waals surface area contributed by atoms with E-state index in [0.29, 0.717) is 24.6 Å². The molecule has 1 saturated carbocycles. The average molecular weight is 316 g/mol. The summed E-state index contributed by atoms with van der Waals surface area (Å²) in [4.78, 5) is 18.8. The first-order chi connectivity index (χ1) is 10.6. The third-order valence-corrected chi connectivity index (χ3v) is 6.26. The molecule has 1 aromatic carbocycles. The molecule has 2 fully saturated rings. The van der Waals surface area contributed by atoms with Gasteiger partial charge in [-0.3, -0.25) is 4.79 Å². The number of likely N-dealkylation sites (tertiary alicyclic amines) is 1. The highest BCUT2D eigenvalue weighted by molar-refractivity contribution is 7.16. The van der Waals surface area contributed by atoms with E-state index in [-0.39, 0.29) is 11.8 Å². The number of rotatable bonds is 2. The van der Waals surface area contributed by atoms with Crippen molar-refractivity contribution in [3.05, 3.63) is 29.3 Å². The zero-order valence-electron chi connectivity index (χ0n) is 12.7. The van der Waals surface area contributed by atoms with Crippen LogP contribution in [0, 0.1) is 11.8 Å². The minimum atomic E-state index is -0.692. The number of fused-ring (bicyclic) bond motifs is 1. The second-order valence-corrected chi connectivity index (χ2v) is 7.63. The van der Waals surface area contributed by atoms with Gasteiger partial charge in [-0.1, -0.05) is 13.3 Å². The van der Waals surface area contributed by atoms with Crippen LogP contribution < -0.4 is 0 Å². The lowest BCUT2D eigenvalue weighted by molar-refractivity contribution is -0.0660. The number of carbonyl (C=O) groups excluding carboxylic acids is 1. The van der Waals surface area contributed by atoms with Gasteiger partial charge >= 0.3 is 0 Å². The lowest BCUT2D eigenvalue weighted by Crippen LogP contribution is -2.48. The second-order valence-electron chi connectivity index (χ2n) is 6.74. The Bertz CT molecular complexity index is 724. The van der Waals surface area contributed by atoms with E-state index in [9.17, 15) is 9.90 Å². The number of hydrogen-bond donors (Lipinski definition) is 1. The van der Waals surface area contributed by atoms with Crippen LogP contribution in [0.4, 0.5) is 0 Å². The zero-order chi connectivity index (χ0) is 15.3. The normalized spacial score (nSPS) is 29.0. The third-order valence-electron chi connectivity index (χ3n) is 5.47. The van der Waals surface area contributed by atoms with Crippen molar-refractivity contribution in [2.45, 2.75) is 31.8 Å². The monoisotopic (exact) mass is 316 g/mol. The van der Waals surface area contributed by atoms with Crippen LogP contribution in [0.5, 0.6) is 0 Å². The molecule has 1 saturated heterocycles. The number of thiazole rings is 1. The van der Waals surface area contributed by atoms with Crippen molar-refractivity contribution in [3.8, 4) is 0 Å². The summed E-state index contributed by atoms with van der Waals surface area (Å²) in [6, 6.07) is 5.66. The molecule has 1 aliphatic heterocycles. The van der Waals surface area contributed by atoms with Gasteiger partial charge in [0, 0.05) is 18.0 Å². The second kappa shape index (κ2) is 5.03. The van der Waals surface area contributed by atoms with Crippen LogP contribution in [0.25, 0.3) is 10.2 Å². The predicted octanol–water partition coefficient (Wildman–Crippen LogP) is 2.92. The van der Waals surface area contributed by atoms with Crippen LogP contribution in [-0.4, -0.2) is 39.6 Å². The van der Waals surface area contributed by atoms with Crippen LogP contribution in [0.3, 0.4) is 0 Å². The van der Waals surface area contributed by atoms with Gasteiger partial charge in [-0.15, -0.1) is 11.3 Å². The summed E-state index contributed by atoms with van der Waals surface area (Å²) in [6.45, 7) is 3.18. The highest BCUT2D eigenvalue weighted by Gasteiger charge is 2.51. The number of aromatic nitrogens is 1. The minimum absolute atomic E-state index is 0.0254. The van der Waals surface area contributed by atoms with Crippen molar-refractivity contribution in [2.24, 2.45) is 11.8 Å². The number of benzene rings is 1. The van der Waals surface area contributed by atoms with Gasteiger partial charge in [0.25, 0.3) is 5.91 Å². The standard InChI is InChI=1S/C17H20N2O2S/c1-11-8-19(9-17(11,21)13-3-2-4-13)16(20)12-5-6-14-15(7-12)22-10-18-14/h5-7,10-11,13,21H,2-4,8-9H2,1H3/t11-,17+/m1/s1. The van der Waals surface area contributed by atoms with E-state index in [1.165, 1.54) is 6.42 Å². The van der Waals surface area contributed by atoms with Crippen LogP contribution in [0.1, 0.15) is 36.5 Å². The SMILES string of the molecule is C[C@@H]1CN(C(=O)c2ccc3ncsc3c2)C[C@@]1(O)C1CCC1. The Kier molecular flexibility index (Phi) is 3.24. The molecule has 22 heavy (non-hydrogen) atoms. The summed E-state index contributed by atoms with van der Waals surface area (Å²) in [5.74, 6) is 0.538. The molecule has 1 aliphatic carbocycles. The van der Waals surface area contributed by atoms with E-state index in [1.807, 2.05) is 23.1 Å². The number of amides is 1. The number of aliphatic hydroxyl groups is 1. The Balaban J connectivity index is 1.57. The maximum Gasteiger partial charge on any atom is 0.254 e. The van der Waals surface area contributed by atoms with Crippen molar-refractivity contribution in [1.82, 2.24) is 9.88 Å². The van der Waals surface area contributed by atoms with Gasteiger partial charge in [-0.25, -0.2) is 4.98 Å². The first-order valence-corrected chi connectivity index (χ1v) is 8.81. The van der Waals surface area contributed by atoms with E-state index in [4.69, 9.17) is 0 Å². The number of carbonyl (C=O) groups is 1.